The molecule has 3 rings (SSSR count). The minimum atomic E-state index is -1.13. The molecule has 2 saturated carbocycles. The third kappa shape index (κ3) is 2.29. The van der Waals surface area contributed by atoms with Crippen LogP contribution < -0.4 is 0 Å². The monoisotopic (exact) mass is 304 g/mol. The molecule has 0 aromatic carbocycles. The molecule has 4 heteroatoms. The summed E-state index contributed by atoms with van der Waals surface area (Å²) in [6, 6.07) is 0. The van der Waals surface area contributed by atoms with E-state index in [0.29, 0.717) is 12.8 Å². The summed E-state index contributed by atoms with van der Waals surface area (Å²) in [4.78, 5) is 24.7. The minimum Gasteiger partial charge on any atom is -0.468 e. The van der Waals surface area contributed by atoms with Gasteiger partial charge in [0, 0.05) is 0 Å². The highest BCUT2D eigenvalue weighted by atomic mass is 16.5. The maximum absolute atomic E-state index is 12.3. The van der Waals surface area contributed by atoms with E-state index in [1.165, 1.54) is 45.5 Å². The van der Waals surface area contributed by atoms with E-state index < -0.39 is 17.4 Å². The fourth-order valence-corrected chi connectivity index (χ4v) is 4.60. The Morgan fingerprint density at radius 3 is 2.32 bits per heavy atom. The Labute approximate surface area is 131 Å². The molecule has 0 amide bonds. The van der Waals surface area contributed by atoms with Gasteiger partial charge in [-0.1, -0.05) is 23.3 Å². The third-order valence-electron chi connectivity index (χ3n) is 5.65. The van der Waals surface area contributed by atoms with Crippen molar-refractivity contribution in [1.29, 1.82) is 0 Å². The second-order valence-corrected chi connectivity index (χ2v) is 6.71. The Hall–Kier alpha value is -1.58. The van der Waals surface area contributed by atoms with Gasteiger partial charge in [-0.2, -0.15) is 0 Å². The number of fused-ring (bicyclic) bond motifs is 1. The lowest BCUT2D eigenvalue weighted by Crippen LogP contribution is -2.39. The van der Waals surface area contributed by atoms with Gasteiger partial charge >= 0.3 is 11.9 Å². The zero-order chi connectivity index (χ0) is 15.7. The maximum atomic E-state index is 12.3. The molecular weight excluding hydrogens is 280 g/mol. The number of ether oxygens (including phenoxy) is 2. The molecule has 0 unspecified atom stereocenters. The van der Waals surface area contributed by atoms with Crippen molar-refractivity contribution in [3.05, 3.63) is 23.3 Å². The van der Waals surface area contributed by atoms with Gasteiger partial charge in [-0.15, -0.1) is 0 Å². The van der Waals surface area contributed by atoms with Crippen LogP contribution in [0.1, 0.15) is 44.9 Å². The maximum Gasteiger partial charge on any atom is 0.323 e. The second-order valence-electron chi connectivity index (χ2n) is 6.71. The zero-order valence-corrected chi connectivity index (χ0v) is 13.4. The van der Waals surface area contributed by atoms with E-state index in [2.05, 4.69) is 12.2 Å². The molecule has 0 spiro atoms. The molecular formula is C18H24O4. The quantitative estimate of drug-likeness (QED) is 0.447. The first-order chi connectivity index (χ1) is 10.6. The van der Waals surface area contributed by atoms with Crippen LogP contribution in [0.5, 0.6) is 0 Å². The molecule has 22 heavy (non-hydrogen) atoms. The van der Waals surface area contributed by atoms with Gasteiger partial charge in [0.25, 0.3) is 0 Å². The summed E-state index contributed by atoms with van der Waals surface area (Å²) in [5.41, 5.74) is 1.90. The van der Waals surface area contributed by atoms with Crippen LogP contribution in [0.2, 0.25) is 0 Å². The van der Waals surface area contributed by atoms with Crippen LogP contribution in [0, 0.1) is 17.3 Å². The lowest BCUT2D eigenvalue weighted by atomic mass is 9.79. The number of carbonyl (C=O) groups excluding carboxylic acids is 2. The molecule has 120 valence electrons. The predicted molar refractivity (Wildman–Crippen MR) is 81.9 cm³/mol. The average Bonchev–Trinajstić information content (AvgIpc) is 3.20. The highest BCUT2D eigenvalue weighted by molar-refractivity contribution is 6.00. The molecule has 0 heterocycles. The molecule has 0 N–H and O–H groups in total. The molecule has 2 atom stereocenters. The molecule has 3 aliphatic rings. The first-order valence-corrected chi connectivity index (χ1v) is 8.16. The van der Waals surface area contributed by atoms with Crippen molar-refractivity contribution < 1.29 is 19.1 Å². The topological polar surface area (TPSA) is 52.6 Å². The van der Waals surface area contributed by atoms with Crippen LogP contribution in [0.15, 0.2) is 23.3 Å². The lowest BCUT2D eigenvalue weighted by Gasteiger charge is -2.26. The number of esters is 2. The standard InChI is InChI=1S/C18H24O4/c1-21-16(19)18(17(20)22-2)10-13-8-5-9-14(15(13)11-18)12-6-3-4-7-12/h5,8,13,15H,3-4,6-7,9-11H2,1-2H3/t13-,15-/m0/s1. The van der Waals surface area contributed by atoms with Gasteiger partial charge in [0.2, 0.25) is 0 Å². The summed E-state index contributed by atoms with van der Waals surface area (Å²) in [5.74, 6) is -0.359. The second kappa shape index (κ2) is 5.90. The molecule has 0 aliphatic heterocycles. The Bertz CT molecular complexity index is 519. The van der Waals surface area contributed by atoms with Crippen LogP contribution in [-0.4, -0.2) is 26.2 Å². The normalized spacial score (nSPS) is 29.4. The van der Waals surface area contributed by atoms with Crippen molar-refractivity contribution in [2.75, 3.05) is 14.2 Å². The molecule has 0 aromatic rings. The highest BCUT2D eigenvalue weighted by Crippen LogP contribution is 2.54. The van der Waals surface area contributed by atoms with E-state index in [1.54, 1.807) is 5.57 Å². The lowest BCUT2D eigenvalue weighted by molar-refractivity contribution is -0.168. The van der Waals surface area contributed by atoms with Gasteiger partial charge < -0.3 is 9.47 Å². The van der Waals surface area contributed by atoms with Crippen LogP contribution in [0.4, 0.5) is 0 Å². The first-order valence-electron chi connectivity index (χ1n) is 8.16. The summed E-state index contributed by atoms with van der Waals surface area (Å²) in [6.45, 7) is 0. The van der Waals surface area contributed by atoms with Gasteiger partial charge in [-0.3, -0.25) is 9.59 Å². The van der Waals surface area contributed by atoms with Crippen LogP contribution in [0.3, 0.4) is 0 Å². The van der Waals surface area contributed by atoms with Crippen molar-refractivity contribution in [1.82, 2.24) is 0 Å². The Balaban J connectivity index is 1.96. The smallest absolute Gasteiger partial charge is 0.323 e. The van der Waals surface area contributed by atoms with Crippen molar-refractivity contribution in [2.24, 2.45) is 17.3 Å². The summed E-state index contributed by atoms with van der Waals surface area (Å²) in [7, 11) is 2.70. The molecule has 0 bridgehead atoms. The van der Waals surface area contributed by atoms with E-state index in [9.17, 15) is 9.59 Å². The highest BCUT2D eigenvalue weighted by Gasteiger charge is 2.57. The SMILES string of the molecule is COC(=O)C1(C(=O)OC)C[C@@H]2C(=C3CCCC3)CC=C[C@H]2C1. The van der Waals surface area contributed by atoms with E-state index in [4.69, 9.17) is 9.47 Å². The number of rotatable bonds is 2. The number of hydrogen-bond acceptors (Lipinski definition) is 4. The zero-order valence-electron chi connectivity index (χ0n) is 13.4. The molecule has 0 saturated heterocycles. The first kappa shape index (κ1) is 15.3. The fraction of sp³-hybridized carbons (Fsp3) is 0.667. The molecule has 2 fully saturated rings. The van der Waals surface area contributed by atoms with Gasteiger partial charge in [0.05, 0.1) is 14.2 Å². The summed E-state index contributed by atoms with van der Waals surface area (Å²) < 4.78 is 9.89. The van der Waals surface area contributed by atoms with Crippen LogP contribution in [0.25, 0.3) is 0 Å². The van der Waals surface area contributed by atoms with Gasteiger partial charge in [0.1, 0.15) is 0 Å². The third-order valence-corrected chi connectivity index (χ3v) is 5.65. The van der Waals surface area contributed by atoms with Gasteiger partial charge in [0.15, 0.2) is 5.41 Å². The molecule has 3 aliphatic carbocycles. The number of hydrogen-bond donors (Lipinski definition) is 0. The summed E-state index contributed by atoms with van der Waals surface area (Å²) in [5, 5.41) is 0. The number of carbonyl (C=O) groups is 2. The van der Waals surface area contributed by atoms with Crippen molar-refractivity contribution in [2.45, 2.75) is 44.9 Å². The van der Waals surface area contributed by atoms with Gasteiger partial charge in [-0.25, -0.2) is 0 Å². The van der Waals surface area contributed by atoms with Crippen LogP contribution in [-0.2, 0) is 19.1 Å². The largest absolute Gasteiger partial charge is 0.468 e. The van der Waals surface area contributed by atoms with Crippen molar-refractivity contribution in [3.63, 3.8) is 0 Å². The average molecular weight is 304 g/mol. The van der Waals surface area contributed by atoms with Crippen molar-refractivity contribution >= 4 is 11.9 Å². The summed E-state index contributed by atoms with van der Waals surface area (Å²) >= 11 is 0. The van der Waals surface area contributed by atoms with Gasteiger partial charge in [-0.05, 0) is 56.8 Å². The number of methoxy groups -OCH3 is 2. The van der Waals surface area contributed by atoms with Crippen LogP contribution >= 0.6 is 0 Å². The fourth-order valence-electron chi connectivity index (χ4n) is 4.60. The molecule has 0 aromatic heterocycles. The van der Waals surface area contributed by atoms with E-state index in [1.807, 2.05) is 0 Å². The van der Waals surface area contributed by atoms with E-state index >= 15 is 0 Å². The van der Waals surface area contributed by atoms with Crippen molar-refractivity contribution in [3.8, 4) is 0 Å². The Morgan fingerprint density at radius 2 is 1.73 bits per heavy atom. The molecule has 4 nitrogen and oxygen atoms in total. The number of allylic oxidation sites excluding steroid dienone is 4. The molecule has 0 radical (unpaired) electrons. The van der Waals surface area contributed by atoms with E-state index in [-0.39, 0.29) is 11.8 Å². The minimum absolute atomic E-state index is 0.245. The van der Waals surface area contributed by atoms with E-state index in [0.717, 1.165) is 6.42 Å². The Kier molecular flexibility index (Phi) is 4.11. The predicted octanol–water partition coefficient (Wildman–Crippen LogP) is 3.18. The Morgan fingerprint density at radius 1 is 1.09 bits per heavy atom. The summed E-state index contributed by atoms with van der Waals surface area (Å²) in [6.07, 6.45) is 11.3.